The van der Waals surface area contributed by atoms with Crippen molar-refractivity contribution in [2.45, 2.75) is 39.7 Å². The van der Waals surface area contributed by atoms with Gasteiger partial charge in [-0.1, -0.05) is 53.1 Å². The zero-order valence-corrected chi connectivity index (χ0v) is 16.9. The highest BCUT2D eigenvalue weighted by Crippen LogP contribution is 2.17. The van der Waals surface area contributed by atoms with Gasteiger partial charge in [0.15, 0.2) is 11.8 Å². The predicted molar refractivity (Wildman–Crippen MR) is 104 cm³/mol. The van der Waals surface area contributed by atoms with Gasteiger partial charge in [-0.25, -0.2) is 0 Å². The van der Waals surface area contributed by atoms with E-state index in [2.05, 4.69) is 60.3 Å². The summed E-state index contributed by atoms with van der Waals surface area (Å²) < 4.78 is 6.37. The molecule has 6 nitrogen and oxygen atoms in total. The molecule has 25 heavy (non-hydrogen) atoms. The lowest BCUT2D eigenvalue weighted by Crippen LogP contribution is -2.38. The molecule has 0 aliphatic carbocycles. The number of aliphatic imine (C=N–C) groups is 1. The van der Waals surface area contributed by atoms with Crippen LogP contribution in [0.5, 0.6) is 0 Å². The van der Waals surface area contributed by atoms with Crippen LogP contribution in [0.1, 0.15) is 44.0 Å². The molecule has 0 amide bonds. The van der Waals surface area contributed by atoms with Crippen LogP contribution in [0.25, 0.3) is 0 Å². The molecule has 1 N–H and O–H groups in total. The molecule has 0 fully saturated rings. The Morgan fingerprint density at radius 2 is 2.12 bits per heavy atom. The minimum Gasteiger partial charge on any atom is -0.357 e. The van der Waals surface area contributed by atoms with E-state index in [1.54, 1.807) is 0 Å². The van der Waals surface area contributed by atoms with Crippen molar-refractivity contribution < 1.29 is 4.52 Å². The second kappa shape index (κ2) is 9.56. The molecule has 0 saturated heterocycles. The van der Waals surface area contributed by atoms with E-state index >= 15 is 0 Å². The van der Waals surface area contributed by atoms with E-state index < -0.39 is 0 Å². The van der Waals surface area contributed by atoms with Gasteiger partial charge >= 0.3 is 0 Å². The second-order valence-electron chi connectivity index (χ2n) is 6.13. The number of halogens is 1. The fraction of sp³-hybridized carbons (Fsp3) is 0.500. The Morgan fingerprint density at radius 1 is 1.36 bits per heavy atom. The predicted octanol–water partition coefficient (Wildman–Crippen LogP) is 3.60. The molecule has 7 heteroatoms. The van der Waals surface area contributed by atoms with Crippen LogP contribution in [-0.4, -0.2) is 41.1 Å². The molecule has 1 heterocycles. The van der Waals surface area contributed by atoms with Gasteiger partial charge in [0, 0.05) is 36.9 Å². The standard InChI is InChI=1S/C18H26BrN5O/c1-5-20-18(24(4)12-14-8-6-7-9-15(14)19)21-11-10-16-22-17(13(2)3)23-25-16/h6-9,13H,5,10-12H2,1-4H3,(H,20,21). The van der Waals surface area contributed by atoms with Crippen molar-refractivity contribution in [1.82, 2.24) is 20.4 Å². The van der Waals surface area contributed by atoms with E-state index in [9.17, 15) is 0 Å². The Morgan fingerprint density at radius 3 is 2.76 bits per heavy atom. The first kappa shape index (κ1) is 19.4. The fourth-order valence-electron chi connectivity index (χ4n) is 2.29. The third kappa shape index (κ3) is 5.85. The molecular formula is C18H26BrN5O. The van der Waals surface area contributed by atoms with E-state index in [0.29, 0.717) is 18.9 Å². The molecule has 0 spiro atoms. The van der Waals surface area contributed by atoms with E-state index in [1.165, 1.54) is 5.56 Å². The largest absolute Gasteiger partial charge is 0.357 e. The van der Waals surface area contributed by atoms with Gasteiger partial charge < -0.3 is 14.7 Å². The molecule has 0 aliphatic rings. The lowest BCUT2D eigenvalue weighted by molar-refractivity contribution is 0.372. The highest BCUT2D eigenvalue weighted by Gasteiger charge is 2.11. The lowest BCUT2D eigenvalue weighted by Gasteiger charge is -2.22. The molecule has 136 valence electrons. The maximum absolute atomic E-state index is 5.27. The maximum atomic E-state index is 5.27. The van der Waals surface area contributed by atoms with Crippen LogP contribution in [0.15, 0.2) is 38.3 Å². The van der Waals surface area contributed by atoms with Gasteiger partial charge in [0.2, 0.25) is 5.89 Å². The summed E-state index contributed by atoms with van der Waals surface area (Å²) in [4.78, 5) is 11.2. The summed E-state index contributed by atoms with van der Waals surface area (Å²) in [5.41, 5.74) is 1.22. The second-order valence-corrected chi connectivity index (χ2v) is 6.99. The Hall–Kier alpha value is -1.89. The summed E-state index contributed by atoms with van der Waals surface area (Å²) in [5.74, 6) is 2.52. The van der Waals surface area contributed by atoms with E-state index in [4.69, 9.17) is 4.52 Å². The Balaban J connectivity index is 1.98. The highest BCUT2D eigenvalue weighted by molar-refractivity contribution is 9.10. The highest BCUT2D eigenvalue weighted by atomic mass is 79.9. The Bertz CT molecular complexity index is 698. The number of nitrogens with one attached hydrogen (secondary N) is 1. The number of guanidine groups is 1. The van der Waals surface area contributed by atoms with Crippen molar-refractivity contribution in [3.63, 3.8) is 0 Å². The first-order chi connectivity index (χ1) is 12.0. The van der Waals surface area contributed by atoms with Crippen LogP contribution in [0, 0.1) is 0 Å². The number of hydrogen-bond donors (Lipinski definition) is 1. The van der Waals surface area contributed by atoms with Crippen LogP contribution >= 0.6 is 15.9 Å². The van der Waals surface area contributed by atoms with Crippen LogP contribution in [0.2, 0.25) is 0 Å². The number of hydrogen-bond acceptors (Lipinski definition) is 4. The third-order valence-electron chi connectivity index (χ3n) is 3.65. The number of aromatic nitrogens is 2. The molecule has 2 aromatic rings. The molecule has 0 aliphatic heterocycles. The van der Waals surface area contributed by atoms with Crippen LogP contribution < -0.4 is 5.32 Å². The first-order valence-electron chi connectivity index (χ1n) is 8.56. The van der Waals surface area contributed by atoms with Gasteiger partial charge in [0.05, 0.1) is 6.54 Å². The smallest absolute Gasteiger partial charge is 0.228 e. The van der Waals surface area contributed by atoms with Crippen molar-refractivity contribution >= 4 is 21.9 Å². The maximum Gasteiger partial charge on any atom is 0.228 e. The first-order valence-corrected chi connectivity index (χ1v) is 9.35. The molecule has 0 atom stereocenters. The average molecular weight is 408 g/mol. The molecular weight excluding hydrogens is 382 g/mol. The topological polar surface area (TPSA) is 66.5 Å². The number of nitrogens with zero attached hydrogens (tertiary/aromatic N) is 4. The summed E-state index contributed by atoms with van der Waals surface area (Å²) in [6, 6.07) is 8.22. The molecule has 0 radical (unpaired) electrons. The average Bonchev–Trinajstić information content (AvgIpc) is 3.05. The van der Waals surface area contributed by atoms with Gasteiger partial charge in [0.25, 0.3) is 0 Å². The summed E-state index contributed by atoms with van der Waals surface area (Å²) in [6.45, 7) is 8.35. The van der Waals surface area contributed by atoms with Crippen molar-refractivity contribution in [3.05, 3.63) is 46.0 Å². The van der Waals surface area contributed by atoms with Crippen LogP contribution in [-0.2, 0) is 13.0 Å². The summed E-state index contributed by atoms with van der Waals surface area (Å²) in [6.07, 6.45) is 0.636. The van der Waals surface area contributed by atoms with Crippen molar-refractivity contribution in [1.29, 1.82) is 0 Å². The molecule has 1 aromatic heterocycles. The SMILES string of the molecule is CCNC(=NCCc1nc(C(C)C)no1)N(C)Cc1ccccc1Br. The molecule has 0 unspecified atom stereocenters. The quantitative estimate of drug-likeness (QED) is 0.560. The minimum absolute atomic E-state index is 0.272. The zero-order valence-electron chi connectivity index (χ0n) is 15.3. The number of benzene rings is 1. The monoisotopic (exact) mass is 407 g/mol. The zero-order chi connectivity index (χ0) is 18.2. The van der Waals surface area contributed by atoms with Gasteiger partial charge in [-0.05, 0) is 18.6 Å². The number of rotatable bonds is 7. The van der Waals surface area contributed by atoms with Gasteiger partial charge in [-0.3, -0.25) is 4.99 Å². The molecule has 2 rings (SSSR count). The summed E-state index contributed by atoms with van der Waals surface area (Å²) >= 11 is 3.60. The van der Waals surface area contributed by atoms with Gasteiger partial charge in [-0.2, -0.15) is 4.98 Å². The van der Waals surface area contributed by atoms with Crippen molar-refractivity contribution in [3.8, 4) is 0 Å². The Labute approximate surface area is 157 Å². The molecule has 0 bridgehead atoms. The lowest BCUT2D eigenvalue weighted by atomic mass is 10.2. The molecule has 0 saturated carbocycles. The fourth-order valence-corrected chi connectivity index (χ4v) is 2.70. The van der Waals surface area contributed by atoms with Gasteiger partial charge in [0.1, 0.15) is 0 Å². The van der Waals surface area contributed by atoms with Crippen LogP contribution in [0.3, 0.4) is 0 Å². The van der Waals surface area contributed by atoms with Crippen molar-refractivity contribution in [2.75, 3.05) is 20.1 Å². The molecule has 1 aromatic carbocycles. The van der Waals surface area contributed by atoms with Crippen molar-refractivity contribution in [2.24, 2.45) is 4.99 Å². The third-order valence-corrected chi connectivity index (χ3v) is 4.42. The van der Waals surface area contributed by atoms with E-state index in [-0.39, 0.29) is 5.92 Å². The van der Waals surface area contributed by atoms with Crippen LogP contribution in [0.4, 0.5) is 0 Å². The summed E-state index contributed by atoms with van der Waals surface area (Å²) in [5, 5.41) is 7.31. The normalized spacial score (nSPS) is 11.8. The van der Waals surface area contributed by atoms with E-state index in [0.717, 1.165) is 29.3 Å². The Kier molecular flexibility index (Phi) is 7.43. The van der Waals surface area contributed by atoms with Gasteiger partial charge in [-0.15, -0.1) is 0 Å². The van der Waals surface area contributed by atoms with E-state index in [1.807, 2.05) is 33.0 Å². The summed E-state index contributed by atoms with van der Waals surface area (Å²) in [7, 11) is 2.03. The minimum atomic E-state index is 0.272.